The number of rotatable bonds is 14. The maximum atomic E-state index is 12.2. The summed E-state index contributed by atoms with van der Waals surface area (Å²) in [4.78, 5) is 36.4. The Morgan fingerprint density at radius 2 is 1.76 bits per heavy atom. The summed E-state index contributed by atoms with van der Waals surface area (Å²) in [6.45, 7) is 20.7. The van der Waals surface area contributed by atoms with E-state index in [2.05, 4.69) is 69.7 Å². The summed E-state index contributed by atoms with van der Waals surface area (Å²) >= 11 is 1.53. The molecule has 8 nitrogen and oxygen atoms in total. The number of carbonyl (C=O) groups is 2. The number of nitrogens with zero attached hydrogens (tertiary/aromatic N) is 2. The van der Waals surface area contributed by atoms with Crippen LogP contribution in [0.2, 0.25) is 0 Å². The number of hydrogen-bond donors (Lipinski definition) is 3. The number of likely N-dealkylation sites (tertiary alicyclic amines) is 1. The van der Waals surface area contributed by atoms with Gasteiger partial charge >= 0.3 is 51.4 Å². The number of nitrogens with two attached hydrogens (primary N) is 1. The molecule has 1 aromatic rings. The molecule has 0 aromatic heterocycles. The van der Waals surface area contributed by atoms with Crippen LogP contribution < -0.4 is 67.9 Å². The van der Waals surface area contributed by atoms with Crippen LogP contribution in [-0.4, -0.2) is 61.2 Å². The Hall–Kier alpha value is -1.42. The molecule has 2 atom stereocenters. The summed E-state index contributed by atoms with van der Waals surface area (Å²) in [5.74, 6) is 4.80. The van der Waals surface area contributed by atoms with Crippen molar-refractivity contribution in [3.63, 3.8) is 0 Å². The Morgan fingerprint density at radius 1 is 1.14 bits per heavy atom. The normalized spacial score (nSPS) is 15.2. The third-order valence-corrected chi connectivity index (χ3v) is 8.21. The van der Waals surface area contributed by atoms with Gasteiger partial charge in [0.1, 0.15) is 6.54 Å². The molecule has 49 heavy (non-hydrogen) atoms. The fraction of sp³-hybridized carbons (Fsp3) is 0.615. The quantitative estimate of drug-likeness (QED) is 0.0849. The van der Waals surface area contributed by atoms with Crippen LogP contribution in [0.5, 0.6) is 0 Å². The first-order valence-electron chi connectivity index (χ1n) is 17.7. The van der Waals surface area contributed by atoms with E-state index in [1.807, 2.05) is 68.3 Å². The van der Waals surface area contributed by atoms with Crippen LogP contribution in [0.4, 0.5) is 0 Å². The number of hydrogen-bond acceptors (Lipinski definition) is 7. The molecule has 4 N–H and O–H groups in total. The smallest absolute Gasteiger partial charge is 0.542 e. The maximum Gasteiger partial charge on any atom is 1.00 e. The molecule has 1 saturated carbocycles. The Morgan fingerprint density at radius 3 is 2.18 bits per heavy atom. The van der Waals surface area contributed by atoms with E-state index >= 15 is 0 Å². The van der Waals surface area contributed by atoms with Crippen molar-refractivity contribution in [3.05, 3.63) is 52.7 Å². The van der Waals surface area contributed by atoms with E-state index in [-0.39, 0.29) is 75.8 Å². The Balaban J connectivity index is 0. The second-order valence-corrected chi connectivity index (χ2v) is 13.4. The first kappa shape index (κ1) is 49.7. The molecule has 2 aliphatic rings. The summed E-state index contributed by atoms with van der Waals surface area (Å²) in [5, 5.41) is 7.65. The van der Waals surface area contributed by atoms with Gasteiger partial charge in [-0.1, -0.05) is 90.6 Å². The number of thioether (sulfide) groups is 1. The molecule has 1 saturated heterocycles. The number of carbonyl (C=O) groups excluding carboxylic acids is 3. The van der Waals surface area contributed by atoms with E-state index in [4.69, 9.17) is 5.73 Å². The number of nitrogens with one attached hydrogen (secondary N) is 2. The maximum absolute atomic E-state index is 12.2. The SMILES string of the molecule is CC.CC(C)C.CCC#CSC(=C(C)C)c1ccc(C(C[C-]=O)NC=O)cc1.CCC/C(=C\N(CC(=O)N1CCC(N)C1)NC)C1CC1.[K+]. The summed E-state index contributed by atoms with van der Waals surface area (Å²) in [6, 6.07) is 7.65. The third kappa shape index (κ3) is 22.2. The van der Waals surface area contributed by atoms with E-state index in [9.17, 15) is 14.4 Å². The minimum atomic E-state index is -0.327. The van der Waals surface area contributed by atoms with Gasteiger partial charge in [-0.05, 0) is 85.1 Å². The van der Waals surface area contributed by atoms with E-state index in [0.717, 1.165) is 60.1 Å². The fourth-order valence-corrected chi connectivity index (χ4v) is 5.46. The zero-order valence-electron chi connectivity index (χ0n) is 32.4. The molecule has 0 spiro atoms. The summed E-state index contributed by atoms with van der Waals surface area (Å²) in [7, 11) is 1.87. The average molecular weight is 722 g/mol. The first-order valence-corrected chi connectivity index (χ1v) is 18.5. The van der Waals surface area contributed by atoms with Crippen molar-refractivity contribution in [2.45, 2.75) is 119 Å². The predicted octanol–water partition coefficient (Wildman–Crippen LogP) is 4.60. The number of benzene rings is 1. The molecule has 270 valence electrons. The van der Waals surface area contributed by atoms with Crippen LogP contribution in [0.25, 0.3) is 4.91 Å². The van der Waals surface area contributed by atoms with Gasteiger partial charge in [0.2, 0.25) is 12.3 Å². The van der Waals surface area contributed by atoms with Crippen molar-refractivity contribution in [1.29, 1.82) is 0 Å². The van der Waals surface area contributed by atoms with Crippen LogP contribution in [0.15, 0.2) is 41.6 Å². The number of hydrazine groups is 1. The zero-order chi connectivity index (χ0) is 36.5. The third-order valence-electron chi connectivity index (χ3n) is 7.12. The van der Waals surface area contributed by atoms with Gasteiger partial charge in [0.15, 0.2) is 0 Å². The zero-order valence-corrected chi connectivity index (χ0v) is 36.4. The molecule has 2 amide bonds. The minimum Gasteiger partial charge on any atom is -0.542 e. The Kier molecular flexibility index (Phi) is 30.6. The van der Waals surface area contributed by atoms with Crippen molar-refractivity contribution >= 4 is 35.3 Å². The molecule has 3 rings (SSSR count). The predicted molar refractivity (Wildman–Crippen MR) is 205 cm³/mol. The van der Waals surface area contributed by atoms with Crippen molar-refractivity contribution in [2.24, 2.45) is 17.6 Å². The second kappa shape index (κ2) is 30.2. The van der Waals surface area contributed by atoms with Gasteiger partial charge in [0.25, 0.3) is 0 Å². The molecule has 10 heteroatoms. The van der Waals surface area contributed by atoms with Gasteiger partial charge in [0, 0.05) is 49.7 Å². The molecule has 2 fully saturated rings. The number of amides is 2. The molecule has 1 aromatic carbocycles. The van der Waals surface area contributed by atoms with Crippen LogP contribution >= 0.6 is 11.8 Å². The van der Waals surface area contributed by atoms with Crippen LogP contribution in [0, 0.1) is 23.0 Å². The standard InChI is InChI=1S/C18H20NO2S.C15H28N4O.C4H10.C2H6.K/c1-4-5-12-22-18(14(2)3)16-8-6-15(7-9-16)17(10-11-20)19-13-21;1-3-4-13(12-5-6-12)9-19(17-2)11-15(20)18-8-7-14(16)10-18;1-4(2)3;1-2;/h6-9,13,17H,4,10H2,1-3H3,(H,19,21);9,12,14,17H,3-8,10-11,16H2,1-2H3;4H,1-3H3;1-2H3;/q-1;;;;+1/b;13-9+;;;. The van der Waals surface area contributed by atoms with Crippen LogP contribution in [0.3, 0.4) is 0 Å². The first-order chi connectivity index (χ1) is 23.0. The van der Waals surface area contributed by atoms with Crippen molar-refractivity contribution < 1.29 is 65.8 Å². The molecule has 2 unspecified atom stereocenters. The number of allylic oxidation sites excluding steroid dienone is 2. The van der Waals surface area contributed by atoms with E-state index in [1.165, 1.54) is 35.7 Å². The molecular formula is C39H64KN5O3S. The van der Waals surface area contributed by atoms with Gasteiger partial charge < -0.3 is 25.8 Å². The molecule has 0 bridgehead atoms. The second-order valence-electron chi connectivity index (χ2n) is 12.6. The molecular weight excluding hydrogens is 658 g/mol. The van der Waals surface area contributed by atoms with Gasteiger partial charge in [-0.2, -0.15) is 0 Å². The fourth-order valence-electron chi connectivity index (χ4n) is 4.68. The summed E-state index contributed by atoms with van der Waals surface area (Å²) < 4.78 is 0. The van der Waals surface area contributed by atoms with E-state index in [0.29, 0.717) is 19.5 Å². The molecule has 1 aliphatic heterocycles. The Bertz CT molecular complexity index is 1170. The van der Waals surface area contributed by atoms with E-state index in [1.54, 1.807) is 0 Å². The van der Waals surface area contributed by atoms with Crippen molar-refractivity contribution in [2.75, 3.05) is 26.7 Å². The molecule has 0 radical (unpaired) electrons. The average Bonchev–Trinajstić information content (AvgIpc) is 3.82. The molecule has 1 aliphatic carbocycles. The van der Waals surface area contributed by atoms with Crippen LogP contribution in [0.1, 0.15) is 124 Å². The van der Waals surface area contributed by atoms with Crippen molar-refractivity contribution in [1.82, 2.24) is 20.7 Å². The topological polar surface area (TPSA) is 108 Å². The summed E-state index contributed by atoms with van der Waals surface area (Å²) in [5.41, 5.74) is 13.6. The largest absolute Gasteiger partial charge is 1.00 e. The van der Waals surface area contributed by atoms with Crippen LogP contribution in [-0.2, 0) is 14.4 Å². The van der Waals surface area contributed by atoms with Gasteiger partial charge in [-0.3, -0.25) is 15.9 Å². The molecule has 1 heterocycles. The van der Waals surface area contributed by atoms with Gasteiger partial charge in [-0.25, -0.2) is 5.43 Å². The summed E-state index contributed by atoms with van der Waals surface area (Å²) in [6.07, 6.45) is 11.4. The monoisotopic (exact) mass is 721 g/mol. The Labute approximate surface area is 346 Å². The van der Waals surface area contributed by atoms with Gasteiger partial charge in [-0.15, -0.1) is 6.42 Å². The van der Waals surface area contributed by atoms with E-state index < -0.39 is 0 Å². The van der Waals surface area contributed by atoms with Gasteiger partial charge in [0.05, 0.1) is 0 Å². The van der Waals surface area contributed by atoms with Crippen molar-refractivity contribution in [3.8, 4) is 11.2 Å². The minimum absolute atomic E-state index is 0.